The van der Waals surface area contributed by atoms with Gasteiger partial charge in [0.1, 0.15) is 12.1 Å². The topological polar surface area (TPSA) is 66.3 Å². The van der Waals surface area contributed by atoms with Gasteiger partial charge < -0.3 is 10.0 Å². The van der Waals surface area contributed by atoms with Gasteiger partial charge in [0.15, 0.2) is 0 Å². The highest BCUT2D eigenvalue weighted by Gasteiger charge is 2.31. The van der Waals surface area contributed by atoms with Gasteiger partial charge >= 0.3 is 5.97 Å². The summed E-state index contributed by atoms with van der Waals surface area (Å²) in [6.07, 6.45) is 3.96. The van der Waals surface area contributed by atoms with E-state index in [2.05, 4.69) is 14.9 Å². The number of carboxylic acid groups (broad SMARTS) is 1. The number of hydrogen-bond acceptors (Lipinski definition) is 4. The Hall–Kier alpha value is -1.65. The van der Waals surface area contributed by atoms with Crippen LogP contribution in [0.25, 0.3) is 0 Å². The van der Waals surface area contributed by atoms with Crippen molar-refractivity contribution < 1.29 is 9.90 Å². The lowest BCUT2D eigenvalue weighted by atomic mass is 10.2. The fourth-order valence-corrected chi connectivity index (χ4v) is 1.88. The van der Waals surface area contributed by atoms with E-state index >= 15 is 0 Å². The van der Waals surface area contributed by atoms with Gasteiger partial charge in [0.05, 0.1) is 6.42 Å². The number of anilines is 1. The molecule has 0 saturated heterocycles. The molecule has 0 aromatic carbocycles. The number of rotatable bonds is 5. The third-order valence-electron chi connectivity index (χ3n) is 3.14. The Morgan fingerprint density at radius 1 is 1.47 bits per heavy atom. The van der Waals surface area contributed by atoms with Crippen molar-refractivity contribution in [1.29, 1.82) is 0 Å². The number of aromatic nitrogens is 2. The molecule has 0 spiro atoms. The van der Waals surface area contributed by atoms with E-state index in [9.17, 15) is 4.79 Å². The van der Waals surface area contributed by atoms with Crippen LogP contribution >= 0.6 is 0 Å². The Labute approximate surface area is 100 Å². The number of carbonyl (C=O) groups is 1. The summed E-state index contributed by atoms with van der Waals surface area (Å²) in [5, 5.41) is 8.78. The van der Waals surface area contributed by atoms with E-state index in [0.29, 0.717) is 12.6 Å². The molecule has 1 aromatic rings. The Morgan fingerprint density at radius 3 is 2.76 bits per heavy atom. The van der Waals surface area contributed by atoms with Crippen LogP contribution in [0, 0.1) is 13.8 Å². The van der Waals surface area contributed by atoms with Crippen molar-refractivity contribution in [2.75, 3.05) is 11.4 Å². The second kappa shape index (κ2) is 4.69. The molecule has 0 bridgehead atoms. The van der Waals surface area contributed by atoms with E-state index in [4.69, 9.17) is 5.11 Å². The average Bonchev–Trinajstić information content (AvgIpc) is 3.08. The molecule has 5 heteroatoms. The Bertz CT molecular complexity index is 430. The van der Waals surface area contributed by atoms with Gasteiger partial charge in [-0.1, -0.05) is 0 Å². The van der Waals surface area contributed by atoms with Crippen LogP contribution in [0.3, 0.4) is 0 Å². The van der Waals surface area contributed by atoms with E-state index < -0.39 is 5.97 Å². The maximum atomic E-state index is 10.7. The van der Waals surface area contributed by atoms with Crippen molar-refractivity contribution in [3.05, 3.63) is 17.6 Å². The van der Waals surface area contributed by atoms with Crippen LogP contribution < -0.4 is 4.90 Å². The quantitative estimate of drug-likeness (QED) is 0.838. The van der Waals surface area contributed by atoms with Gasteiger partial charge in [-0.2, -0.15) is 0 Å². The Balaban J connectivity index is 2.20. The molecule has 1 saturated carbocycles. The van der Waals surface area contributed by atoms with Crippen molar-refractivity contribution in [3.8, 4) is 0 Å². The number of hydrogen-bond donors (Lipinski definition) is 1. The molecular formula is C12H17N3O2. The lowest BCUT2D eigenvalue weighted by Crippen LogP contribution is -2.30. The van der Waals surface area contributed by atoms with Crippen LogP contribution in [0.1, 0.15) is 30.5 Å². The molecule has 17 heavy (non-hydrogen) atoms. The summed E-state index contributed by atoms with van der Waals surface area (Å²) in [6.45, 7) is 4.46. The van der Waals surface area contributed by atoms with E-state index in [1.54, 1.807) is 6.33 Å². The van der Waals surface area contributed by atoms with Crippen LogP contribution in [0.15, 0.2) is 6.33 Å². The van der Waals surface area contributed by atoms with Crippen LogP contribution in [0.2, 0.25) is 0 Å². The first-order valence-corrected chi connectivity index (χ1v) is 5.86. The third-order valence-corrected chi connectivity index (χ3v) is 3.14. The fraction of sp³-hybridized carbons (Fsp3) is 0.583. The molecule has 0 aliphatic heterocycles. The second-order valence-corrected chi connectivity index (χ2v) is 4.48. The molecule has 1 heterocycles. The van der Waals surface area contributed by atoms with Crippen LogP contribution in [0.5, 0.6) is 0 Å². The summed E-state index contributed by atoms with van der Waals surface area (Å²) in [6, 6.07) is 0.461. The molecule has 0 unspecified atom stereocenters. The number of aliphatic carboxylic acids is 1. The van der Waals surface area contributed by atoms with Gasteiger partial charge in [-0.3, -0.25) is 4.79 Å². The average molecular weight is 235 g/mol. The van der Waals surface area contributed by atoms with Crippen molar-refractivity contribution in [3.63, 3.8) is 0 Å². The first kappa shape index (κ1) is 11.8. The largest absolute Gasteiger partial charge is 0.481 e. The van der Waals surface area contributed by atoms with Gasteiger partial charge in [-0.15, -0.1) is 0 Å². The predicted octanol–water partition coefficient (Wildman–Crippen LogP) is 1.54. The number of nitrogens with zero attached hydrogens (tertiary/aromatic N) is 3. The summed E-state index contributed by atoms with van der Waals surface area (Å²) in [5.74, 6) is 0.125. The molecule has 1 aromatic heterocycles. The monoisotopic (exact) mass is 235 g/mol. The van der Waals surface area contributed by atoms with Crippen LogP contribution in [-0.4, -0.2) is 33.6 Å². The molecule has 5 nitrogen and oxygen atoms in total. The molecule has 0 atom stereocenters. The van der Waals surface area contributed by atoms with Gasteiger partial charge in [0.25, 0.3) is 0 Å². The lowest BCUT2D eigenvalue weighted by molar-refractivity contribution is -0.136. The van der Waals surface area contributed by atoms with Crippen molar-refractivity contribution in [2.45, 2.75) is 39.2 Å². The zero-order valence-electron chi connectivity index (χ0n) is 10.2. The Morgan fingerprint density at radius 2 is 2.18 bits per heavy atom. The zero-order chi connectivity index (χ0) is 12.4. The smallest absolute Gasteiger partial charge is 0.305 e. The highest BCUT2D eigenvalue weighted by Crippen LogP contribution is 2.32. The third kappa shape index (κ3) is 2.72. The predicted molar refractivity (Wildman–Crippen MR) is 64.1 cm³/mol. The fourth-order valence-electron chi connectivity index (χ4n) is 1.88. The maximum absolute atomic E-state index is 10.7. The van der Waals surface area contributed by atoms with E-state index in [1.807, 2.05) is 13.8 Å². The Kier molecular flexibility index (Phi) is 3.26. The van der Waals surface area contributed by atoms with Crippen molar-refractivity contribution in [1.82, 2.24) is 9.97 Å². The molecule has 2 rings (SSSR count). The summed E-state index contributed by atoms with van der Waals surface area (Å²) in [7, 11) is 0. The zero-order valence-corrected chi connectivity index (χ0v) is 10.2. The summed E-state index contributed by atoms with van der Waals surface area (Å²) < 4.78 is 0. The lowest BCUT2D eigenvalue weighted by Gasteiger charge is -2.24. The van der Waals surface area contributed by atoms with E-state index in [0.717, 1.165) is 29.9 Å². The molecule has 92 valence electrons. The number of carboxylic acids is 1. The molecule has 1 fully saturated rings. The van der Waals surface area contributed by atoms with Crippen molar-refractivity contribution >= 4 is 11.8 Å². The minimum Gasteiger partial charge on any atom is -0.481 e. The molecule has 1 aliphatic carbocycles. The molecule has 0 amide bonds. The molecule has 1 aliphatic rings. The van der Waals surface area contributed by atoms with Gasteiger partial charge in [0, 0.05) is 23.8 Å². The molecule has 0 radical (unpaired) electrons. The van der Waals surface area contributed by atoms with Gasteiger partial charge in [-0.05, 0) is 26.7 Å². The molecule has 1 N–H and O–H groups in total. The highest BCUT2D eigenvalue weighted by molar-refractivity contribution is 5.67. The number of aryl methyl sites for hydroxylation is 1. The molecular weight excluding hydrogens is 218 g/mol. The van der Waals surface area contributed by atoms with Crippen LogP contribution in [-0.2, 0) is 4.79 Å². The SMILES string of the molecule is Cc1ncnc(N(CCC(=O)O)C2CC2)c1C. The maximum Gasteiger partial charge on any atom is 0.305 e. The first-order valence-electron chi connectivity index (χ1n) is 5.86. The van der Waals surface area contributed by atoms with Crippen molar-refractivity contribution in [2.24, 2.45) is 0 Å². The van der Waals surface area contributed by atoms with Gasteiger partial charge in [-0.25, -0.2) is 9.97 Å². The van der Waals surface area contributed by atoms with Crippen LogP contribution in [0.4, 0.5) is 5.82 Å². The summed E-state index contributed by atoms with van der Waals surface area (Å²) in [4.78, 5) is 21.2. The summed E-state index contributed by atoms with van der Waals surface area (Å²) in [5.41, 5.74) is 2.00. The standard InChI is InChI=1S/C12H17N3O2/c1-8-9(2)13-7-14-12(8)15(10-3-4-10)6-5-11(16)17/h7,10H,3-6H2,1-2H3,(H,16,17). The second-order valence-electron chi connectivity index (χ2n) is 4.48. The van der Waals surface area contributed by atoms with Gasteiger partial charge in [0.2, 0.25) is 0 Å². The first-order chi connectivity index (χ1) is 8.09. The minimum absolute atomic E-state index is 0.152. The summed E-state index contributed by atoms with van der Waals surface area (Å²) >= 11 is 0. The normalized spacial score (nSPS) is 14.7. The van der Waals surface area contributed by atoms with E-state index in [-0.39, 0.29) is 6.42 Å². The minimum atomic E-state index is -0.765. The van der Waals surface area contributed by atoms with E-state index in [1.165, 1.54) is 0 Å². The highest BCUT2D eigenvalue weighted by atomic mass is 16.4.